The number of anilines is 2. The Morgan fingerprint density at radius 2 is 2.04 bits per heavy atom. The third kappa shape index (κ3) is 3.21. The van der Waals surface area contributed by atoms with Crippen molar-refractivity contribution in [3.05, 3.63) is 42.5 Å². The van der Waals surface area contributed by atoms with E-state index in [1.165, 1.54) is 25.3 Å². The highest BCUT2D eigenvalue weighted by Crippen LogP contribution is 2.31. The molecule has 3 rings (SSSR count). The van der Waals surface area contributed by atoms with Gasteiger partial charge in [-0.1, -0.05) is 6.07 Å². The van der Waals surface area contributed by atoms with Crippen molar-refractivity contribution in [1.82, 2.24) is 0 Å². The van der Waals surface area contributed by atoms with E-state index in [0.29, 0.717) is 22.9 Å². The topological polar surface area (TPSA) is 93.7 Å². The lowest BCUT2D eigenvalue weighted by molar-refractivity contribution is -0.118. The summed E-state index contributed by atoms with van der Waals surface area (Å²) in [4.78, 5) is 11.3. The maximum absolute atomic E-state index is 12.5. The number of rotatable bonds is 4. The van der Waals surface area contributed by atoms with E-state index in [-0.39, 0.29) is 17.4 Å². The van der Waals surface area contributed by atoms with E-state index in [1.807, 2.05) is 0 Å². The first-order valence-electron chi connectivity index (χ1n) is 6.71. The van der Waals surface area contributed by atoms with Gasteiger partial charge < -0.3 is 14.8 Å². The summed E-state index contributed by atoms with van der Waals surface area (Å²) in [6.07, 6.45) is 0. The Morgan fingerprint density at radius 3 is 2.83 bits per heavy atom. The van der Waals surface area contributed by atoms with E-state index in [2.05, 4.69) is 10.0 Å². The Bertz CT molecular complexity index is 864. The fraction of sp³-hybridized carbons (Fsp3) is 0.133. The summed E-state index contributed by atoms with van der Waals surface area (Å²) in [6, 6.07) is 10.9. The second kappa shape index (κ2) is 5.81. The molecular weight excluding hydrogens is 320 g/mol. The van der Waals surface area contributed by atoms with Crippen LogP contribution in [0.1, 0.15) is 0 Å². The van der Waals surface area contributed by atoms with Gasteiger partial charge in [0.2, 0.25) is 0 Å². The number of sulfonamides is 1. The second-order valence-corrected chi connectivity index (χ2v) is 6.51. The minimum Gasteiger partial charge on any atom is -0.497 e. The molecular formula is C15H14N2O5S. The summed E-state index contributed by atoms with van der Waals surface area (Å²) in [7, 11) is -2.28. The zero-order valence-electron chi connectivity index (χ0n) is 12.2. The average molecular weight is 334 g/mol. The van der Waals surface area contributed by atoms with Crippen LogP contribution < -0.4 is 19.5 Å². The second-order valence-electron chi connectivity index (χ2n) is 4.83. The van der Waals surface area contributed by atoms with Crippen LogP contribution in [0.25, 0.3) is 0 Å². The first-order chi connectivity index (χ1) is 11.0. The van der Waals surface area contributed by atoms with Crippen molar-refractivity contribution in [2.75, 3.05) is 23.8 Å². The third-order valence-corrected chi connectivity index (χ3v) is 4.60. The Hall–Kier alpha value is -2.74. The summed E-state index contributed by atoms with van der Waals surface area (Å²) in [6.45, 7) is -0.139. The van der Waals surface area contributed by atoms with Crippen LogP contribution in [0.3, 0.4) is 0 Å². The summed E-state index contributed by atoms with van der Waals surface area (Å²) in [5.74, 6) is 0.586. The Kier molecular flexibility index (Phi) is 3.83. The predicted octanol–water partition coefficient (Wildman–Crippen LogP) is 1.83. The van der Waals surface area contributed by atoms with E-state index in [4.69, 9.17) is 9.47 Å². The number of hydrogen-bond donors (Lipinski definition) is 2. The molecule has 2 aromatic carbocycles. The van der Waals surface area contributed by atoms with Crippen molar-refractivity contribution in [3.63, 3.8) is 0 Å². The number of carbonyl (C=O) groups is 1. The molecule has 0 aliphatic carbocycles. The van der Waals surface area contributed by atoms with Gasteiger partial charge in [0.1, 0.15) is 11.5 Å². The maximum Gasteiger partial charge on any atom is 0.262 e. The number of carbonyl (C=O) groups excluding carboxylic acids is 1. The van der Waals surface area contributed by atoms with E-state index >= 15 is 0 Å². The van der Waals surface area contributed by atoms with Gasteiger partial charge in [0, 0.05) is 12.1 Å². The number of benzene rings is 2. The molecule has 0 radical (unpaired) electrons. The van der Waals surface area contributed by atoms with Gasteiger partial charge in [-0.25, -0.2) is 8.42 Å². The highest BCUT2D eigenvalue weighted by molar-refractivity contribution is 7.92. The lowest BCUT2D eigenvalue weighted by Gasteiger charge is -2.18. The molecule has 8 heteroatoms. The molecule has 0 aromatic heterocycles. The molecule has 0 fully saturated rings. The number of methoxy groups -OCH3 is 1. The molecule has 0 spiro atoms. The fourth-order valence-electron chi connectivity index (χ4n) is 2.12. The van der Waals surface area contributed by atoms with Gasteiger partial charge in [-0.2, -0.15) is 0 Å². The van der Waals surface area contributed by atoms with Crippen molar-refractivity contribution in [2.24, 2.45) is 0 Å². The van der Waals surface area contributed by atoms with Crippen LogP contribution in [0, 0.1) is 0 Å². The monoisotopic (exact) mass is 334 g/mol. The van der Waals surface area contributed by atoms with Crippen LogP contribution in [-0.2, 0) is 14.8 Å². The van der Waals surface area contributed by atoms with Gasteiger partial charge in [-0.3, -0.25) is 9.52 Å². The molecule has 120 valence electrons. The van der Waals surface area contributed by atoms with Crippen LogP contribution in [0.5, 0.6) is 11.5 Å². The minimum absolute atomic E-state index is 0.0372. The standard InChI is InChI=1S/C15H14N2O5S/c1-21-11-4-2-3-10(7-11)17-23(19,20)12-5-6-13-14(8-12)22-9-15(18)16-13/h2-8,17H,9H2,1H3,(H,16,18). The molecule has 1 heterocycles. The summed E-state index contributed by atoms with van der Waals surface area (Å²) >= 11 is 0. The first-order valence-corrected chi connectivity index (χ1v) is 8.20. The molecule has 1 amide bonds. The first kappa shape index (κ1) is 15.2. The zero-order valence-corrected chi connectivity index (χ0v) is 13.0. The largest absolute Gasteiger partial charge is 0.497 e. The number of fused-ring (bicyclic) bond motifs is 1. The van der Waals surface area contributed by atoms with Crippen LogP contribution in [-0.4, -0.2) is 28.0 Å². The molecule has 1 aliphatic rings. The molecule has 2 aromatic rings. The fourth-order valence-corrected chi connectivity index (χ4v) is 3.19. The van der Waals surface area contributed by atoms with Crippen LogP contribution in [0.2, 0.25) is 0 Å². The molecule has 0 saturated carbocycles. The van der Waals surface area contributed by atoms with Gasteiger partial charge in [0.05, 0.1) is 23.4 Å². The SMILES string of the molecule is COc1cccc(NS(=O)(=O)c2ccc3c(c2)OCC(=O)N3)c1. The summed E-state index contributed by atoms with van der Waals surface area (Å²) in [5, 5.41) is 2.61. The van der Waals surface area contributed by atoms with E-state index < -0.39 is 10.0 Å². The van der Waals surface area contributed by atoms with Gasteiger partial charge >= 0.3 is 0 Å². The normalized spacial score (nSPS) is 13.5. The molecule has 0 saturated heterocycles. The minimum atomic E-state index is -3.78. The van der Waals surface area contributed by atoms with Crippen molar-refractivity contribution >= 4 is 27.3 Å². The molecule has 0 bridgehead atoms. The molecule has 23 heavy (non-hydrogen) atoms. The van der Waals surface area contributed by atoms with Crippen molar-refractivity contribution < 1.29 is 22.7 Å². The van der Waals surface area contributed by atoms with E-state index in [1.54, 1.807) is 24.3 Å². The third-order valence-electron chi connectivity index (χ3n) is 3.22. The Balaban J connectivity index is 1.89. The quantitative estimate of drug-likeness (QED) is 0.889. The van der Waals surface area contributed by atoms with Gasteiger partial charge in [0.15, 0.2) is 6.61 Å². The van der Waals surface area contributed by atoms with Gasteiger partial charge in [0.25, 0.3) is 15.9 Å². The van der Waals surface area contributed by atoms with E-state index in [9.17, 15) is 13.2 Å². The molecule has 2 N–H and O–H groups in total. The number of nitrogens with one attached hydrogen (secondary N) is 2. The molecule has 0 atom stereocenters. The van der Waals surface area contributed by atoms with Crippen LogP contribution >= 0.6 is 0 Å². The van der Waals surface area contributed by atoms with E-state index in [0.717, 1.165) is 0 Å². The summed E-state index contributed by atoms with van der Waals surface area (Å²) in [5.41, 5.74) is 0.831. The number of amides is 1. The lowest BCUT2D eigenvalue weighted by atomic mass is 10.2. The molecule has 0 unspecified atom stereocenters. The van der Waals surface area contributed by atoms with Gasteiger partial charge in [-0.15, -0.1) is 0 Å². The smallest absolute Gasteiger partial charge is 0.262 e. The Morgan fingerprint density at radius 1 is 1.22 bits per heavy atom. The van der Waals surface area contributed by atoms with Crippen LogP contribution in [0.4, 0.5) is 11.4 Å². The average Bonchev–Trinajstić information content (AvgIpc) is 2.54. The highest BCUT2D eigenvalue weighted by atomic mass is 32.2. The number of ether oxygens (including phenoxy) is 2. The van der Waals surface area contributed by atoms with Crippen molar-refractivity contribution in [2.45, 2.75) is 4.90 Å². The predicted molar refractivity (Wildman–Crippen MR) is 84.4 cm³/mol. The van der Waals surface area contributed by atoms with Gasteiger partial charge in [-0.05, 0) is 24.3 Å². The molecule has 1 aliphatic heterocycles. The molecule has 7 nitrogen and oxygen atoms in total. The maximum atomic E-state index is 12.5. The van der Waals surface area contributed by atoms with Crippen molar-refractivity contribution in [1.29, 1.82) is 0 Å². The number of hydrogen-bond acceptors (Lipinski definition) is 5. The van der Waals surface area contributed by atoms with Crippen molar-refractivity contribution in [3.8, 4) is 11.5 Å². The lowest BCUT2D eigenvalue weighted by Crippen LogP contribution is -2.25. The highest BCUT2D eigenvalue weighted by Gasteiger charge is 2.21. The summed E-state index contributed by atoms with van der Waals surface area (Å²) < 4.78 is 37.7. The Labute approximate surface area is 133 Å². The van der Waals surface area contributed by atoms with Crippen LogP contribution in [0.15, 0.2) is 47.4 Å². The zero-order chi connectivity index (χ0) is 16.4.